The first kappa shape index (κ1) is 16.6. The highest BCUT2D eigenvalue weighted by atomic mass is 32.2. The van der Waals surface area contributed by atoms with Crippen molar-refractivity contribution in [2.75, 3.05) is 17.1 Å². The molecule has 0 aliphatic heterocycles. The van der Waals surface area contributed by atoms with Crippen LogP contribution < -0.4 is 4.31 Å². The van der Waals surface area contributed by atoms with Crippen LogP contribution in [-0.4, -0.2) is 32.2 Å². The summed E-state index contributed by atoms with van der Waals surface area (Å²) in [6, 6.07) is 3.49. The van der Waals surface area contributed by atoms with Crippen LogP contribution in [0, 0.1) is 5.82 Å². The van der Waals surface area contributed by atoms with E-state index in [0.29, 0.717) is 11.3 Å². The average molecular weight is 352 g/mol. The molecule has 0 radical (unpaired) electrons. The van der Waals surface area contributed by atoms with Crippen molar-refractivity contribution in [2.45, 2.75) is 25.7 Å². The molecule has 0 N–H and O–H groups in total. The minimum atomic E-state index is -3.65. The summed E-state index contributed by atoms with van der Waals surface area (Å²) in [6.45, 7) is 1.71. The predicted molar refractivity (Wildman–Crippen MR) is 86.2 cm³/mol. The molecule has 3 rings (SSSR count). The van der Waals surface area contributed by atoms with Gasteiger partial charge in [0.25, 0.3) is 0 Å². The topological polar surface area (TPSA) is 80.5 Å². The van der Waals surface area contributed by atoms with Crippen LogP contribution in [0.5, 0.6) is 0 Å². The van der Waals surface area contributed by atoms with E-state index in [1.807, 2.05) is 0 Å². The number of rotatable bonds is 6. The van der Waals surface area contributed by atoms with E-state index < -0.39 is 21.6 Å². The van der Waals surface area contributed by atoms with Gasteiger partial charge in [0.1, 0.15) is 5.82 Å². The van der Waals surface area contributed by atoms with Crippen LogP contribution in [0.2, 0.25) is 0 Å². The Labute approximate surface area is 139 Å². The first-order valence-electron chi connectivity index (χ1n) is 7.59. The molecule has 0 amide bonds. The van der Waals surface area contributed by atoms with E-state index in [1.165, 1.54) is 12.3 Å². The lowest BCUT2D eigenvalue weighted by atomic mass is 10.0. The Hall–Kier alpha value is -2.22. The number of anilines is 1. The number of carbonyl (C=O) groups excluding carboxylic acids is 1. The molecule has 1 aromatic heterocycles. The molecule has 0 bridgehead atoms. The molecule has 0 spiro atoms. The number of ketones is 1. The summed E-state index contributed by atoms with van der Waals surface area (Å²) >= 11 is 0. The molecule has 1 heterocycles. The minimum Gasteiger partial charge on any atom is -0.360 e. The minimum absolute atomic E-state index is 0.0212. The Balaban J connectivity index is 2.10. The van der Waals surface area contributed by atoms with Crippen LogP contribution in [0.4, 0.5) is 10.1 Å². The Morgan fingerprint density at radius 2 is 2.08 bits per heavy atom. The Bertz CT molecular complexity index is 887. The van der Waals surface area contributed by atoms with Crippen LogP contribution in [0.25, 0.3) is 0 Å². The largest absolute Gasteiger partial charge is 0.360 e. The second-order valence-corrected chi connectivity index (χ2v) is 7.70. The number of hydrogen-bond donors (Lipinski definition) is 0. The molecule has 0 unspecified atom stereocenters. The van der Waals surface area contributed by atoms with E-state index in [4.69, 9.17) is 4.52 Å². The number of nitrogens with zero attached hydrogens (tertiary/aromatic N) is 2. The molecule has 2 aromatic rings. The Kier molecular flexibility index (Phi) is 4.16. The smallest absolute Gasteiger partial charge is 0.232 e. The van der Waals surface area contributed by atoms with E-state index >= 15 is 0 Å². The van der Waals surface area contributed by atoms with E-state index in [1.54, 1.807) is 6.92 Å². The molecule has 1 aromatic carbocycles. The van der Waals surface area contributed by atoms with Gasteiger partial charge in [0.2, 0.25) is 10.0 Å². The van der Waals surface area contributed by atoms with Gasteiger partial charge in [-0.3, -0.25) is 9.10 Å². The summed E-state index contributed by atoms with van der Waals surface area (Å²) in [6.07, 6.45) is 4.21. The standard InChI is InChI=1S/C16H17FN2O4S/c1-3-19(24(2,21)22)14-8-11(17)6-7-12(14)15(20)13-9-18-23-16(13)10-4-5-10/h6-10H,3-5H2,1-2H3. The molecule has 6 nitrogen and oxygen atoms in total. The number of halogens is 1. The van der Waals surface area contributed by atoms with Gasteiger partial charge in [0.05, 0.1) is 23.7 Å². The van der Waals surface area contributed by atoms with Crippen molar-refractivity contribution in [1.82, 2.24) is 5.16 Å². The first-order valence-corrected chi connectivity index (χ1v) is 9.44. The maximum atomic E-state index is 13.7. The highest BCUT2D eigenvalue weighted by molar-refractivity contribution is 7.92. The summed E-state index contributed by atoms with van der Waals surface area (Å²) in [5, 5.41) is 3.69. The maximum absolute atomic E-state index is 13.7. The van der Waals surface area contributed by atoms with Gasteiger partial charge < -0.3 is 4.52 Å². The van der Waals surface area contributed by atoms with Crippen LogP contribution >= 0.6 is 0 Å². The van der Waals surface area contributed by atoms with Gasteiger partial charge in [0.15, 0.2) is 11.5 Å². The second-order valence-electron chi connectivity index (χ2n) is 5.80. The molecule has 0 saturated heterocycles. The van der Waals surface area contributed by atoms with E-state index in [9.17, 15) is 17.6 Å². The number of aromatic nitrogens is 1. The summed E-state index contributed by atoms with van der Waals surface area (Å²) < 4.78 is 43.8. The van der Waals surface area contributed by atoms with Crippen LogP contribution in [0.15, 0.2) is 28.9 Å². The van der Waals surface area contributed by atoms with Gasteiger partial charge in [0, 0.05) is 18.0 Å². The molecule has 128 valence electrons. The lowest BCUT2D eigenvalue weighted by Gasteiger charge is -2.23. The quantitative estimate of drug-likeness (QED) is 0.747. The zero-order valence-corrected chi connectivity index (χ0v) is 14.1. The second kappa shape index (κ2) is 6.01. The highest BCUT2D eigenvalue weighted by Gasteiger charge is 2.34. The fourth-order valence-corrected chi connectivity index (χ4v) is 3.67. The molecule has 1 saturated carbocycles. The van der Waals surface area contributed by atoms with Crippen molar-refractivity contribution in [3.63, 3.8) is 0 Å². The fourth-order valence-electron chi connectivity index (χ4n) is 2.69. The molecule has 0 atom stereocenters. The predicted octanol–water partition coefficient (Wildman–Crippen LogP) is 2.71. The van der Waals surface area contributed by atoms with E-state index in [-0.39, 0.29) is 23.7 Å². The van der Waals surface area contributed by atoms with E-state index in [2.05, 4.69) is 5.16 Å². The molecule has 1 aliphatic rings. The van der Waals surface area contributed by atoms with Crippen molar-refractivity contribution < 1.29 is 22.1 Å². The Morgan fingerprint density at radius 1 is 1.38 bits per heavy atom. The van der Waals surface area contributed by atoms with Crippen molar-refractivity contribution >= 4 is 21.5 Å². The molecule has 8 heteroatoms. The summed E-state index contributed by atoms with van der Waals surface area (Å²) in [5.41, 5.74) is 0.427. The highest BCUT2D eigenvalue weighted by Crippen LogP contribution is 2.42. The summed E-state index contributed by atoms with van der Waals surface area (Å²) in [4.78, 5) is 12.9. The number of sulfonamides is 1. The Morgan fingerprint density at radius 3 is 2.67 bits per heavy atom. The SMILES string of the molecule is CCN(c1cc(F)ccc1C(=O)c1cnoc1C1CC1)S(C)(=O)=O. The van der Waals surface area contributed by atoms with Gasteiger partial charge in [-0.2, -0.15) is 0 Å². The van der Waals surface area contributed by atoms with Crippen molar-refractivity contribution in [3.05, 3.63) is 47.1 Å². The third-order valence-electron chi connectivity index (χ3n) is 3.95. The van der Waals surface area contributed by atoms with Gasteiger partial charge in [-0.05, 0) is 38.0 Å². The average Bonchev–Trinajstić information content (AvgIpc) is 3.23. The maximum Gasteiger partial charge on any atom is 0.232 e. The molecular weight excluding hydrogens is 335 g/mol. The zero-order valence-electron chi connectivity index (χ0n) is 13.3. The molecular formula is C16H17FN2O4S. The van der Waals surface area contributed by atoms with Gasteiger partial charge in [-0.1, -0.05) is 5.16 Å². The van der Waals surface area contributed by atoms with Crippen LogP contribution in [0.3, 0.4) is 0 Å². The van der Waals surface area contributed by atoms with Gasteiger partial charge in [-0.25, -0.2) is 12.8 Å². The molecule has 1 aliphatic carbocycles. The van der Waals surface area contributed by atoms with Crippen LogP contribution in [-0.2, 0) is 10.0 Å². The molecule has 24 heavy (non-hydrogen) atoms. The first-order chi connectivity index (χ1) is 11.3. The van der Waals surface area contributed by atoms with Crippen LogP contribution in [0.1, 0.15) is 47.4 Å². The normalized spacial score (nSPS) is 14.6. The van der Waals surface area contributed by atoms with Crippen molar-refractivity contribution in [3.8, 4) is 0 Å². The third-order valence-corrected chi connectivity index (χ3v) is 5.21. The van der Waals surface area contributed by atoms with E-state index in [0.717, 1.165) is 35.5 Å². The number of hydrogen-bond acceptors (Lipinski definition) is 5. The monoisotopic (exact) mass is 352 g/mol. The lowest BCUT2D eigenvalue weighted by Crippen LogP contribution is -2.31. The lowest BCUT2D eigenvalue weighted by molar-refractivity contribution is 0.103. The number of benzene rings is 1. The fraction of sp³-hybridized carbons (Fsp3) is 0.375. The third kappa shape index (κ3) is 3.06. The number of carbonyl (C=O) groups is 1. The molecule has 1 fully saturated rings. The van der Waals surface area contributed by atoms with Gasteiger partial charge >= 0.3 is 0 Å². The van der Waals surface area contributed by atoms with Gasteiger partial charge in [-0.15, -0.1) is 0 Å². The zero-order chi connectivity index (χ0) is 17.5. The van der Waals surface area contributed by atoms with Crippen molar-refractivity contribution in [2.24, 2.45) is 0 Å². The summed E-state index contributed by atoms with van der Waals surface area (Å²) in [5.74, 6) is -0.350. The van der Waals surface area contributed by atoms with Crippen molar-refractivity contribution in [1.29, 1.82) is 0 Å². The summed E-state index contributed by atoms with van der Waals surface area (Å²) in [7, 11) is -3.65.